The van der Waals surface area contributed by atoms with E-state index in [0.717, 1.165) is 18.8 Å². The van der Waals surface area contributed by atoms with Crippen LogP contribution in [0.15, 0.2) is 22.8 Å². The van der Waals surface area contributed by atoms with Crippen molar-refractivity contribution in [2.75, 3.05) is 39.3 Å². The lowest BCUT2D eigenvalue weighted by Gasteiger charge is -2.36. The van der Waals surface area contributed by atoms with Gasteiger partial charge in [0.2, 0.25) is 0 Å². The third kappa shape index (κ3) is 3.95. The molecular formula is C18H27N3O5. The highest BCUT2D eigenvalue weighted by atomic mass is 16.8. The number of likely N-dealkylation sites (tertiary alicyclic amines) is 1. The van der Waals surface area contributed by atoms with Crippen LogP contribution in [0.3, 0.4) is 0 Å². The summed E-state index contributed by atoms with van der Waals surface area (Å²) < 4.78 is 15.8. The van der Waals surface area contributed by atoms with Crippen LogP contribution in [0.1, 0.15) is 38.5 Å². The molecule has 0 aliphatic carbocycles. The molecule has 1 aromatic heterocycles. The summed E-state index contributed by atoms with van der Waals surface area (Å²) in [5.74, 6) is 0.849. The Labute approximate surface area is 153 Å². The number of hydrogen-bond donors (Lipinski definition) is 1. The van der Waals surface area contributed by atoms with Crippen molar-refractivity contribution in [3.63, 3.8) is 0 Å². The van der Waals surface area contributed by atoms with E-state index in [9.17, 15) is 9.59 Å². The zero-order chi connectivity index (χ0) is 18.6. The predicted octanol–water partition coefficient (Wildman–Crippen LogP) is 2.37. The molecule has 1 atom stereocenters. The molecule has 1 N–H and O–H groups in total. The van der Waals surface area contributed by atoms with E-state index in [1.165, 1.54) is 0 Å². The minimum atomic E-state index is -0.608. The van der Waals surface area contributed by atoms with Gasteiger partial charge in [0.25, 0.3) is 0 Å². The standard InChI is InChI=1S/C18H27N3O5/c1-3-20(4-2)14(15-6-5-11-24-15)12-19-16(22)21-9-7-18(8-10-21)13-25-17(23)26-18/h5-6,11,14H,3-4,7-10,12-13H2,1-2H3,(H,19,22)/t14-/m1/s1. The molecule has 2 aliphatic heterocycles. The van der Waals surface area contributed by atoms with Gasteiger partial charge in [0.1, 0.15) is 12.4 Å². The fourth-order valence-electron chi connectivity index (χ4n) is 3.64. The first-order valence-electron chi connectivity index (χ1n) is 9.23. The van der Waals surface area contributed by atoms with E-state index in [-0.39, 0.29) is 18.7 Å². The molecule has 0 unspecified atom stereocenters. The zero-order valence-electron chi connectivity index (χ0n) is 15.4. The Kier molecular flexibility index (Phi) is 5.70. The van der Waals surface area contributed by atoms with Crippen LogP contribution in [0.5, 0.6) is 0 Å². The average Bonchev–Trinajstić information content (AvgIpc) is 3.29. The first kappa shape index (κ1) is 18.6. The van der Waals surface area contributed by atoms with Gasteiger partial charge in [-0.25, -0.2) is 9.59 Å². The molecule has 2 aliphatic rings. The number of ether oxygens (including phenoxy) is 2. The molecule has 26 heavy (non-hydrogen) atoms. The smallest absolute Gasteiger partial charge is 0.468 e. The van der Waals surface area contributed by atoms with E-state index in [1.54, 1.807) is 11.2 Å². The first-order chi connectivity index (χ1) is 12.6. The number of nitrogens with zero attached hydrogens (tertiary/aromatic N) is 2. The second-order valence-corrected chi connectivity index (χ2v) is 6.75. The van der Waals surface area contributed by atoms with Crippen LogP contribution in [-0.4, -0.2) is 66.9 Å². The monoisotopic (exact) mass is 365 g/mol. The maximum atomic E-state index is 12.6. The second kappa shape index (κ2) is 7.99. The lowest BCUT2D eigenvalue weighted by Crippen LogP contribution is -2.51. The summed E-state index contributed by atoms with van der Waals surface area (Å²) in [7, 11) is 0. The zero-order valence-corrected chi connectivity index (χ0v) is 15.4. The van der Waals surface area contributed by atoms with Crippen LogP contribution >= 0.6 is 0 Å². The molecule has 0 saturated carbocycles. The highest BCUT2D eigenvalue weighted by Crippen LogP contribution is 2.31. The van der Waals surface area contributed by atoms with Gasteiger partial charge in [0.05, 0.1) is 12.3 Å². The molecule has 0 bridgehead atoms. The average molecular weight is 365 g/mol. The summed E-state index contributed by atoms with van der Waals surface area (Å²) in [6.07, 6.45) is 2.25. The molecule has 8 nitrogen and oxygen atoms in total. The summed E-state index contributed by atoms with van der Waals surface area (Å²) in [4.78, 5) is 27.8. The summed E-state index contributed by atoms with van der Waals surface area (Å²) in [5.41, 5.74) is -0.550. The number of amides is 2. The molecule has 8 heteroatoms. The first-order valence-corrected chi connectivity index (χ1v) is 9.23. The lowest BCUT2D eigenvalue weighted by molar-refractivity contribution is 0.00918. The molecule has 2 amide bonds. The summed E-state index contributed by atoms with van der Waals surface area (Å²) in [6.45, 7) is 7.77. The van der Waals surface area contributed by atoms with Crippen molar-refractivity contribution in [2.24, 2.45) is 0 Å². The van der Waals surface area contributed by atoms with Crippen molar-refractivity contribution < 1.29 is 23.5 Å². The van der Waals surface area contributed by atoms with Gasteiger partial charge in [-0.15, -0.1) is 0 Å². The molecular weight excluding hydrogens is 338 g/mol. The fraction of sp³-hybridized carbons (Fsp3) is 0.667. The molecule has 0 aromatic carbocycles. The van der Waals surface area contributed by atoms with Gasteiger partial charge in [0, 0.05) is 32.5 Å². The normalized spacial score (nSPS) is 20.1. The highest BCUT2D eigenvalue weighted by molar-refractivity contribution is 5.74. The minimum Gasteiger partial charge on any atom is -0.468 e. The molecule has 2 saturated heterocycles. The Balaban J connectivity index is 1.53. The topological polar surface area (TPSA) is 84.2 Å². The second-order valence-electron chi connectivity index (χ2n) is 6.75. The van der Waals surface area contributed by atoms with Gasteiger partial charge in [-0.1, -0.05) is 13.8 Å². The SMILES string of the molecule is CCN(CC)[C@H](CNC(=O)N1CCC2(CC1)COC(=O)O2)c1ccco1. The minimum absolute atomic E-state index is 0.00395. The molecule has 3 rings (SSSR count). The number of likely N-dealkylation sites (N-methyl/N-ethyl adjacent to an activating group) is 1. The maximum Gasteiger partial charge on any atom is 0.509 e. The Morgan fingerprint density at radius 1 is 1.35 bits per heavy atom. The number of carbonyl (C=O) groups excluding carboxylic acids is 2. The maximum absolute atomic E-state index is 12.6. The largest absolute Gasteiger partial charge is 0.509 e. The van der Waals surface area contributed by atoms with Crippen LogP contribution in [0, 0.1) is 0 Å². The van der Waals surface area contributed by atoms with Crippen LogP contribution < -0.4 is 5.32 Å². The van der Waals surface area contributed by atoms with Crippen molar-refractivity contribution in [3.8, 4) is 0 Å². The Morgan fingerprint density at radius 2 is 2.08 bits per heavy atom. The third-order valence-corrected chi connectivity index (χ3v) is 5.29. The summed E-state index contributed by atoms with van der Waals surface area (Å²) >= 11 is 0. The lowest BCUT2D eigenvalue weighted by atomic mass is 9.92. The van der Waals surface area contributed by atoms with Gasteiger partial charge >= 0.3 is 12.2 Å². The Hall–Kier alpha value is -2.22. The van der Waals surface area contributed by atoms with Crippen LogP contribution in [0.25, 0.3) is 0 Å². The van der Waals surface area contributed by atoms with Gasteiger partial charge < -0.3 is 24.1 Å². The van der Waals surface area contributed by atoms with Crippen LogP contribution in [-0.2, 0) is 9.47 Å². The molecule has 144 valence electrons. The van der Waals surface area contributed by atoms with Crippen molar-refractivity contribution in [3.05, 3.63) is 24.2 Å². The van der Waals surface area contributed by atoms with Crippen molar-refractivity contribution in [1.82, 2.24) is 15.1 Å². The number of cyclic esters (lactones) is 1. The molecule has 3 heterocycles. The van der Waals surface area contributed by atoms with Gasteiger partial charge in [-0.05, 0) is 25.2 Å². The molecule has 0 radical (unpaired) electrons. The number of rotatable bonds is 6. The van der Waals surface area contributed by atoms with E-state index >= 15 is 0 Å². The van der Waals surface area contributed by atoms with Crippen molar-refractivity contribution >= 4 is 12.2 Å². The Bertz CT molecular complexity index is 606. The highest BCUT2D eigenvalue weighted by Gasteiger charge is 2.45. The number of nitrogens with one attached hydrogen (secondary N) is 1. The van der Waals surface area contributed by atoms with E-state index in [1.807, 2.05) is 12.1 Å². The summed E-state index contributed by atoms with van der Waals surface area (Å²) in [5, 5.41) is 3.02. The molecule has 1 aromatic rings. The number of piperidine rings is 1. The van der Waals surface area contributed by atoms with E-state index in [4.69, 9.17) is 13.9 Å². The van der Waals surface area contributed by atoms with Crippen LogP contribution in [0.4, 0.5) is 9.59 Å². The van der Waals surface area contributed by atoms with Gasteiger partial charge in [-0.3, -0.25) is 4.90 Å². The van der Waals surface area contributed by atoms with E-state index < -0.39 is 11.8 Å². The van der Waals surface area contributed by atoms with Gasteiger partial charge in [0.15, 0.2) is 5.60 Å². The quantitative estimate of drug-likeness (QED) is 0.779. The van der Waals surface area contributed by atoms with Crippen molar-refractivity contribution in [1.29, 1.82) is 0 Å². The Morgan fingerprint density at radius 3 is 2.62 bits per heavy atom. The fourth-order valence-corrected chi connectivity index (χ4v) is 3.64. The predicted molar refractivity (Wildman–Crippen MR) is 93.7 cm³/mol. The third-order valence-electron chi connectivity index (χ3n) is 5.29. The number of furan rings is 1. The summed E-state index contributed by atoms with van der Waals surface area (Å²) in [6, 6.07) is 3.70. The van der Waals surface area contributed by atoms with Gasteiger partial charge in [-0.2, -0.15) is 0 Å². The number of carbonyl (C=O) groups is 2. The van der Waals surface area contributed by atoms with E-state index in [2.05, 4.69) is 24.1 Å². The van der Waals surface area contributed by atoms with Crippen molar-refractivity contribution in [2.45, 2.75) is 38.3 Å². The molecule has 1 spiro atoms. The molecule has 2 fully saturated rings. The van der Waals surface area contributed by atoms with E-state index in [0.29, 0.717) is 32.5 Å². The van der Waals surface area contributed by atoms with Crippen LogP contribution in [0.2, 0.25) is 0 Å². The number of urea groups is 1. The number of hydrogen-bond acceptors (Lipinski definition) is 6.